The number of nitro benzene ring substituents is 1. The van der Waals surface area contributed by atoms with Crippen LogP contribution in [0.25, 0.3) is 0 Å². The zero-order valence-corrected chi connectivity index (χ0v) is 16.0. The van der Waals surface area contributed by atoms with Crippen LogP contribution in [0.3, 0.4) is 0 Å². The van der Waals surface area contributed by atoms with E-state index in [1.807, 2.05) is 36.4 Å². The minimum Gasteiger partial charge on any atom is -0.467 e. The number of hydrogen-bond donors (Lipinski definition) is 2. The molecule has 2 N–H and O–H groups in total. The summed E-state index contributed by atoms with van der Waals surface area (Å²) in [5.41, 5.74) is 4.07. The maximum absolute atomic E-state index is 13.3. The van der Waals surface area contributed by atoms with Gasteiger partial charge in [0.05, 0.1) is 22.6 Å². The van der Waals surface area contributed by atoms with Gasteiger partial charge in [-0.3, -0.25) is 14.9 Å². The molecule has 150 valence electrons. The number of Topliss-reactive ketones (excluding diaryl/α,β-unsaturated/α-hetero) is 1. The fraction of sp³-hybridized carbons (Fsp3) is 0.174. The minimum absolute atomic E-state index is 0.00182. The Hall–Kier alpha value is -3.87. The average molecular weight is 401 g/mol. The lowest BCUT2D eigenvalue weighted by Gasteiger charge is -2.28. The number of nitrogens with one attached hydrogen (secondary N) is 2. The Kier molecular flexibility index (Phi) is 4.35. The number of furan rings is 1. The lowest BCUT2D eigenvalue weighted by Crippen LogP contribution is -2.26. The van der Waals surface area contributed by atoms with Crippen LogP contribution < -0.4 is 10.6 Å². The molecule has 0 unspecified atom stereocenters. The van der Waals surface area contributed by atoms with Crippen molar-refractivity contribution in [2.45, 2.75) is 24.8 Å². The van der Waals surface area contributed by atoms with E-state index in [4.69, 9.17) is 4.42 Å². The lowest BCUT2D eigenvalue weighted by atomic mass is 9.79. The van der Waals surface area contributed by atoms with Gasteiger partial charge in [0.1, 0.15) is 11.8 Å². The number of para-hydroxylation sites is 2. The van der Waals surface area contributed by atoms with E-state index < -0.39 is 11.0 Å². The molecule has 2 aromatic carbocycles. The summed E-state index contributed by atoms with van der Waals surface area (Å²) >= 11 is 0. The number of nitro groups is 1. The highest BCUT2D eigenvalue weighted by atomic mass is 16.6. The van der Waals surface area contributed by atoms with Crippen molar-refractivity contribution in [2.24, 2.45) is 0 Å². The number of carbonyl (C=O) groups excluding carboxylic acids is 1. The SMILES string of the molecule is O=C1C[C@H](c2cccc([N+](=O)[O-])c2)CC2=C1[C@H](c1ccco1)Nc1ccccc1N2. The monoisotopic (exact) mass is 401 g/mol. The normalized spacial score (nSPS) is 20.5. The van der Waals surface area contributed by atoms with E-state index >= 15 is 0 Å². The van der Waals surface area contributed by atoms with Crippen LogP contribution in [0, 0.1) is 10.1 Å². The van der Waals surface area contributed by atoms with Crippen molar-refractivity contribution in [1.29, 1.82) is 0 Å². The average Bonchev–Trinajstić information content (AvgIpc) is 3.22. The number of allylic oxidation sites excluding steroid dienone is 1. The lowest BCUT2D eigenvalue weighted by molar-refractivity contribution is -0.384. The van der Waals surface area contributed by atoms with Gasteiger partial charge < -0.3 is 15.1 Å². The Morgan fingerprint density at radius 3 is 2.60 bits per heavy atom. The topological polar surface area (TPSA) is 97.4 Å². The molecule has 0 fully saturated rings. The second-order valence-corrected chi connectivity index (χ2v) is 7.54. The van der Waals surface area contributed by atoms with Crippen molar-refractivity contribution >= 4 is 22.8 Å². The number of hydrogen-bond acceptors (Lipinski definition) is 6. The third-order valence-electron chi connectivity index (χ3n) is 5.69. The Labute approximate surface area is 172 Å². The number of benzene rings is 2. The van der Waals surface area contributed by atoms with Crippen LogP contribution in [0.5, 0.6) is 0 Å². The van der Waals surface area contributed by atoms with Crippen LogP contribution in [0.4, 0.5) is 17.1 Å². The highest BCUT2D eigenvalue weighted by Crippen LogP contribution is 2.44. The summed E-state index contributed by atoms with van der Waals surface area (Å²) in [7, 11) is 0. The number of carbonyl (C=O) groups is 1. The molecular formula is C23H19N3O4. The smallest absolute Gasteiger partial charge is 0.269 e. The van der Waals surface area contributed by atoms with Crippen LogP contribution in [0.1, 0.15) is 36.1 Å². The Balaban J connectivity index is 1.58. The summed E-state index contributed by atoms with van der Waals surface area (Å²) in [6, 6.07) is 17.6. The molecule has 0 bridgehead atoms. The molecule has 0 saturated heterocycles. The third kappa shape index (κ3) is 3.14. The van der Waals surface area contributed by atoms with E-state index in [-0.39, 0.29) is 23.8 Å². The predicted molar refractivity (Wildman–Crippen MR) is 112 cm³/mol. The van der Waals surface area contributed by atoms with Gasteiger partial charge in [0.25, 0.3) is 5.69 Å². The summed E-state index contributed by atoms with van der Waals surface area (Å²) in [6.07, 6.45) is 2.47. The van der Waals surface area contributed by atoms with Gasteiger partial charge in [-0.1, -0.05) is 24.3 Å². The maximum Gasteiger partial charge on any atom is 0.269 e. The summed E-state index contributed by atoms with van der Waals surface area (Å²) in [4.78, 5) is 24.1. The maximum atomic E-state index is 13.3. The van der Waals surface area contributed by atoms with Crippen molar-refractivity contribution in [3.63, 3.8) is 0 Å². The van der Waals surface area contributed by atoms with Crippen LogP contribution in [-0.2, 0) is 4.79 Å². The second kappa shape index (κ2) is 7.18. The minimum atomic E-state index is -0.407. The van der Waals surface area contributed by atoms with Crippen molar-refractivity contribution in [1.82, 2.24) is 0 Å². The molecule has 0 saturated carbocycles. The number of rotatable bonds is 3. The first-order chi connectivity index (χ1) is 14.6. The Bertz CT molecular complexity index is 1170. The van der Waals surface area contributed by atoms with E-state index in [2.05, 4.69) is 10.6 Å². The zero-order valence-electron chi connectivity index (χ0n) is 16.0. The van der Waals surface area contributed by atoms with E-state index in [9.17, 15) is 14.9 Å². The second-order valence-electron chi connectivity index (χ2n) is 7.54. The standard InChI is InChI=1S/C23H19N3O4/c27-20-13-15(14-5-3-6-16(11-14)26(28)29)12-19-22(20)23(21-9-4-10-30-21)25-18-8-2-1-7-17(18)24-19/h1-11,15,23-25H,12-13H2/t15-,23+/m1/s1. The van der Waals surface area contributed by atoms with Crippen LogP contribution >= 0.6 is 0 Å². The molecule has 2 aliphatic rings. The molecule has 1 aliphatic carbocycles. The summed E-state index contributed by atoms with van der Waals surface area (Å²) in [5, 5.41) is 18.1. The molecule has 2 heterocycles. The zero-order chi connectivity index (χ0) is 20.7. The molecule has 2 atom stereocenters. The number of anilines is 2. The van der Waals surface area contributed by atoms with E-state index in [0.29, 0.717) is 17.8 Å². The van der Waals surface area contributed by atoms with Crippen LogP contribution in [0.2, 0.25) is 0 Å². The quantitative estimate of drug-likeness (QED) is 0.464. The molecule has 5 rings (SSSR count). The molecule has 1 aromatic heterocycles. The number of non-ortho nitro benzene ring substituents is 1. The molecule has 3 aromatic rings. The highest BCUT2D eigenvalue weighted by molar-refractivity contribution is 6.01. The van der Waals surface area contributed by atoms with E-state index in [0.717, 1.165) is 22.6 Å². The summed E-state index contributed by atoms with van der Waals surface area (Å²) < 4.78 is 5.64. The van der Waals surface area contributed by atoms with Crippen molar-refractivity contribution < 1.29 is 14.1 Å². The molecule has 7 nitrogen and oxygen atoms in total. The van der Waals surface area contributed by atoms with Crippen LogP contribution in [-0.4, -0.2) is 10.7 Å². The summed E-state index contributed by atoms with van der Waals surface area (Å²) in [5.74, 6) is 0.538. The fourth-order valence-corrected chi connectivity index (χ4v) is 4.29. The first-order valence-electron chi connectivity index (χ1n) is 9.77. The van der Waals surface area contributed by atoms with Crippen LogP contribution in [0.15, 0.2) is 82.6 Å². The third-order valence-corrected chi connectivity index (χ3v) is 5.69. The molecular weight excluding hydrogens is 382 g/mol. The first-order valence-corrected chi connectivity index (χ1v) is 9.77. The Morgan fingerprint density at radius 2 is 1.83 bits per heavy atom. The molecule has 0 radical (unpaired) electrons. The van der Waals surface area contributed by atoms with E-state index in [1.54, 1.807) is 24.5 Å². The predicted octanol–water partition coefficient (Wildman–Crippen LogP) is 5.17. The van der Waals surface area contributed by atoms with Gasteiger partial charge >= 0.3 is 0 Å². The van der Waals surface area contributed by atoms with Gasteiger partial charge in [0.15, 0.2) is 5.78 Å². The fourth-order valence-electron chi connectivity index (χ4n) is 4.29. The van der Waals surface area contributed by atoms with Gasteiger partial charge in [-0.05, 0) is 42.2 Å². The van der Waals surface area contributed by atoms with Gasteiger partial charge in [-0.15, -0.1) is 0 Å². The van der Waals surface area contributed by atoms with Crippen molar-refractivity contribution in [3.05, 3.63) is 99.6 Å². The van der Waals surface area contributed by atoms with E-state index in [1.165, 1.54) is 6.07 Å². The molecule has 7 heteroatoms. The number of ketones is 1. The van der Waals surface area contributed by atoms with Gasteiger partial charge in [0.2, 0.25) is 0 Å². The Morgan fingerprint density at radius 1 is 1.00 bits per heavy atom. The van der Waals surface area contributed by atoms with Gasteiger partial charge in [0, 0.05) is 29.8 Å². The highest BCUT2D eigenvalue weighted by Gasteiger charge is 2.37. The largest absolute Gasteiger partial charge is 0.467 e. The first kappa shape index (κ1) is 18.2. The number of fused-ring (bicyclic) bond motifs is 1. The molecule has 0 amide bonds. The number of nitrogens with zero attached hydrogens (tertiary/aromatic N) is 1. The molecule has 0 spiro atoms. The molecule has 1 aliphatic heterocycles. The molecule has 30 heavy (non-hydrogen) atoms. The van der Waals surface area contributed by atoms with Gasteiger partial charge in [-0.2, -0.15) is 0 Å². The summed E-state index contributed by atoms with van der Waals surface area (Å²) in [6.45, 7) is 0. The van der Waals surface area contributed by atoms with Gasteiger partial charge in [-0.25, -0.2) is 0 Å². The van der Waals surface area contributed by atoms with Crippen molar-refractivity contribution in [3.8, 4) is 0 Å². The van der Waals surface area contributed by atoms with Crippen molar-refractivity contribution in [2.75, 3.05) is 10.6 Å².